The molecule has 124 valence electrons. The molecule has 0 fully saturated rings. The molecule has 0 amide bonds. The SMILES string of the molecule is O=S(=O)(Cc1ccccc1F)NCc1cn(-c2ccncc2)nn1. The fraction of sp³-hybridized carbons (Fsp3) is 0.133. The van der Waals surface area contributed by atoms with Gasteiger partial charge in [-0.15, -0.1) is 5.10 Å². The Labute approximate surface area is 138 Å². The van der Waals surface area contributed by atoms with Crippen LogP contribution in [0.5, 0.6) is 0 Å². The summed E-state index contributed by atoms with van der Waals surface area (Å²) in [5.74, 6) is -0.982. The third-order valence-electron chi connectivity index (χ3n) is 3.24. The number of rotatable bonds is 6. The van der Waals surface area contributed by atoms with E-state index in [4.69, 9.17) is 0 Å². The molecule has 9 heteroatoms. The third kappa shape index (κ3) is 4.00. The van der Waals surface area contributed by atoms with Gasteiger partial charge in [-0.1, -0.05) is 23.4 Å². The number of pyridine rings is 1. The van der Waals surface area contributed by atoms with E-state index in [2.05, 4.69) is 20.0 Å². The molecule has 0 aliphatic heterocycles. The van der Waals surface area contributed by atoms with Gasteiger partial charge in [-0.05, 0) is 18.2 Å². The average molecular weight is 347 g/mol. The van der Waals surface area contributed by atoms with Gasteiger partial charge in [-0.25, -0.2) is 22.2 Å². The van der Waals surface area contributed by atoms with E-state index in [1.54, 1.807) is 36.8 Å². The van der Waals surface area contributed by atoms with Gasteiger partial charge >= 0.3 is 0 Å². The molecule has 0 radical (unpaired) electrons. The minimum Gasteiger partial charge on any atom is -0.265 e. The zero-order valence-electron chi connectivity index (χ0n) is 12.5. The van der Waals surface area contributed by atoms with Gasteiger partial charge in [0.05, 0.1) is 29.9 Å². The molecule has 0 aliphatic carbocycles. The summed E-state index contributed by atoms with van der Waals surface area (Å²) in [4.78, 5) is 3.91. The number of hydrogen-bond acceptors (Lipinski definition) is 5. The smallest absolute Gasteiger partial charge is 0.216 e. The number of halogens is 1. The van der Waals surface area contributed by atoms with E-state index in [1.807, 2.05) is 0 Å². The second-order valence-corrected chi connectivity index (χ2v) is 6.84. The Morgan fingerprint density at radius 2 is 1.88 bits per heavy atom. The van der Waals surface area contributed by atoms with E-state index < -0.39 is 21.6 Å². The first kappa shape index (κ1) is 16.2. The van der Waals surface area contributed by atoms with Crippen LogP contribution in [0.15, 0.2) is 55.0 Å². The first-order valence-corrected chi connectivity index (χ1v) is 8.71. The highest BCUT2D eigenvalue weighted by Gasteiger charge is 2.15. The Hall–Kier alpha value is -2.65. The lowest BCUT2D eigenvalue weighted by atomic mass is 10.2. The Bertz CT molecular complexity index is 928. The predicted octanol–water partition coefficient (Wildman–Crippen LogP) is 1.42. The summed E-state index contributed by atoms with van der Waals surface area (Å²) >= 11 is 0. The van der Waals surface area contributed by atoms with Gasteiger partial charge in [0.1, 0.15) is 5.82 Å². The molecular formula is C15H14FN5O2S. The maximum Gasteiger partial charge on any atom is 0.216 e. The quantitative estimate of drug-likeness (QED) is 0.728. The molecule has 1 N–H and O–H groups in total. The molecule has 7 nitrogen and oxygen atoms in total. The molecule has 1 aromatic carbocycles. The van der Waals surface area contributed by atoms with Crippen molar-refractivity contribution >= 4 is 10.0 Å². The van der Waals surface area contributed by atoms with E-state index in [0.29, 0.717) is 5.69 Å². The molecule has 3 rings (SSSR count). The summed E-state index contributed by atoms with van der Waals surface area (Å²) in [6.45, 7) is -0.0259. The zero-order chi connectivity index (χ0) is 17.0. The zero-order valence-corrected chi connectivity index (χ0v) is 13.3. The topological polar surface area (TPSA) is 89.8 Å². The average Bonchev–Trinajstić information content (AvgIpc) is 3.05. The van der Waals surface area contributed by atoms with Gasteiger partial charge in [0.15, 0.2) is 0 Å². The Balaban J connectivity index is 1.65. The maximum atomic E-state index is 13.6. The predicted molar refractivity (Wildman–Crippen MR) is 85.0 cm³/mol. The van der Waals surface area contributed by atoms with Crippen molar-refractivity contribution in [1.82, 2.24) is 24.7 Å². The molecular weight excluding hydrogens is 333 g/mol. The van der Waals surface area contributed by atoms with E-state index in [1.165, 1.54) is 22.9 Å². The van der Waals surface area contributed by atoms with Gasteiger partial charge in [0.25, 0.3) is 0 Å². The van der Waals surface area contributed by atoms with Crippen molar-refractivity contribution in [2.24, 2.45) is 0 Å². The normalized spacial score (nSPS) is 11.5. The summed E-state index contributed by atoms with van der Waals surface area (Å²) in [6, 6.07) is 9.27. The van der Waals surface area contributed by atoms with E-state index >= 15 is 0 Å². The monoisotopic (exact) mass is 347 g/mol. The minimum atomic E-state index is -3.69. The highest BCUT2D eigenvalue weighted by molar-refractivity contribution is 7.88. The van der Waals surface area contributed by atoms with Crippen LogP contribution in [0.4, 0.5) is 4.39 Å². The van der Waals surface area contributed by atoms with Crippen LogP contribution >= 0.6 is 0 Å². The van der Waals surface area contributed by atoms with Crippen LogP contribution < -0.4 is 4.72 Å². The van der Waals surface area contributed by atoms with Crippen LogP contribution in [0.3, 0.4) is 0 Å². The van der Waals surface area contributed by atoms with Crippen molar-refractivity contribution < 1.29 is 12.8 Å². The van der Waals surface area contributed by atoms with Crippen molar-refractivity contribution in [3.05, 3.63) is 72.1 Å². The fourth-order valence-corrected chi connectivity index (χ4v) is 3.17. The minimum absolute atomic E-state index is 0.0259. The summed E-state index contributed by atoms with van der Waals surface area (Å²) in [7, 11) is -3.69. The van der Waals surface area contributed by atoms with Gasteiger partial charge < -0.3 is 0 Å². The van der Waals surface area contributed by atoms with Crippen molar-refractivity contribution in [2.75, 3.05) is 0 Å². The largest absolute Gasteiger partial charge is 0.265 e. The molecule has 0 bridgehead atoms. The standard InChI is InChI=1S/C15H14FN5O2S/c16-15-4-2-1-3-12(15)11-24(22,23)18-9-13-10-21(20-19-13)14-5-7-17-8-6-14/h1-8,10,18H,9,11H2. The molecule has 2 heterocycles. The second-order valence-electron chi connectivity index (χ2n) is 5.03. The van der Waals surface area contributed by atoms with Crippen molar-refractivity contribution in [3.63, 3.8) is 0 Å². The van der Waals surface area contributed by atoms with E-state index in [-0.39, 0.29) is 12.1 Å². The second kappa shape index (κ2) is 6.85. The highest BCUT2D eigenvalue weighted by atomic mass is 32.2. The van der Waals surface area contributed by atoms with Crippen LogP contribution in [-0.2, 0) is 22.3 Å². The molecule has 0 spiro atoms. The fourth-order valence-electron chi connectivity index (χ4n) is 2.06. The molecule has 0 unspecified atom stereocenters. The Morgan fingerprint density at radius 3 is 2.62 bits per heavy atom. The van der Waals surface area contributed by atoms with Crippen LogP contribution in [0.2, 0.25) is 0 Å². The summed E-state index contributed by atoms with van der Waals surface area (Å²) in [6.07, 6.45) is 4.85. The van der Waals surface area contributed by atoms with Gasteiger partial charge in [-0.2, -0.15) is 0 Å². The van der Waals surface area contributed by atoms with Crippen LogP contribution in [-0.4, -0.2) is 28.4 Å². The molecule has 0 atom stereocenters. The molecule has 0 saturated carbocycles. The van der Waals surface area contributed by atoms with Crippen LogP contribution in [0.1, 0.15) is 11.3 Å². The van der Waals surface area contributed by atoms with Crippen molar-refractivity contribution in [2.45, 2.75) is 12.3 Å². The first-order chi connectivity index (χ1) is 11.5. The van der Waals surface area contributed by atoms with Crippen LogP contribution in [0.25, 0.3) is 5.69 Å². The Morgan fingerprint density at radius 1 is 1.12 bits per heavy atom. The number of benzene rings is 1. The first-order valence-electron chi connectivity index (χ1n) is 7.06. The van der Waals surface area contributed by atoms with E-state index in [9.17, 15) is 12.8 Å². The van der Waals surface area contributed by atoms with Gasteiger partial charge in [0.2, 0.25) is 10.0 Å². The van der Waals surface area contributed by atoms with Crippen LogP contribution in [0, 0.1) is 5.82 Å². The lowest BCUT2D eigenvalue weighted by Gasteiger charge is -2.06. The number of nitrogens with zero attached hydrogens (tertiary/aromatic N) is 4. The van der Waals surface area contributed by atoms with Gasteiger partial charge in [0, 0.05) is 18.0 Å². The lowest BCUT2D eigenvalue weighted by Crippen LogP contribution is -2.25. The Kier molecular flexibility index (Phi) is 4.63. The molecule has 0 saturated heterocycles. The maximum absolute atomic E-state index is 13.6. The number of sulfonamides is 1. The summed E-state index contributed by atoms with van der Waals surface area (Å²) in [5, 5.41) is 7.84. The number of hydrogen-bond donors (Lipinski definition) is 1. The lowest BCUT2D eigenvalue weighted by molar-refractivity contribution is 0.573. The van der Waals surface area contributed by atoms with Gasteiger partial charge in [-0.3, -0.25) is 4.98 Å². The molecule has 2 aromatic heterocycles. The number of nitrogens with one attached hydrogen (secondary N) is 1. The molecule has 24 heavy (non-hydrogen) atoms. The molecule has 0 aliphatic rings. The van der Waals surface area contributed by atoms with E-state index in [0.717, 1.165) is 5.69 Å². The summed E-state index contributed by atoms with van der Waals surface area (Å²) in [5.41, 5.74) is 1.33. The van der Waals surface area contributed by atoms with Crippen molar-refractivity contribution in [1.29, 1.82) is 0 Å². The van der Waals surface area contributed by atoms with Crippen molar-refractivity contribution in [3.8, 4) is 5.69 Å². The summed E-state index contributed by atoms with van der Waals surface area (Å²) < 4.78 is 41.6. The number of aromatic nitrogens is 4. The highest BCUT2D eigenvalue weighted by Crippen LogP contribution is 2.10. The third-order valence-corrected chi connectivity index (χ3v) is 4.52. The molecule has 3 aromatic rings.